The van der Waals surface area contributed by atoms with Crippen LogP contribution in [0.5, 0.6) is 0 Å². The molecule has 0 spiro atoms. The Morgan fingerprint density at radius 3 is 2.84 bits per heavy atom. The van der Waals surface area contributed by atoms with Crippen LogP contribution in [0.1, 0.15) is 39.5 Å². The summed E-state index contributed by atoms with van der Waals surface area (Å²) < 4.78 is 0. The SMILES string of the molecule is CC(C)CC1CSC(=NCC(=O)N2CCCCC2)N1. The summed E-state index contributed by atoms with van der Waals surface area (Å²) in [7, 11) is 0. The van der Waals surface area contributed by atoms with E-state index in [9.17, 15) is 4.79 Å². The van der Waals surface area contributed by atoms with Crippen molar-refractivity contribution in [1.82, 2.24) is 10.2 Å². The van der Waals surface area contributed by atoms with E-state index < -0.39 is 0 Å². The van der Waals surface area contributed by atoms with Crippen LogP contribution in [0.25, 0.3) is 0 Å². The van der Waals surface area contributed by atoms with E-state index >= 15 is 0 Å². The summed E-state index contributed by atoms with van der Waals surface area (Å²) in [5.41, 5.74) is 0. The molecule has 0 saturated carbocycles. The van der Waals surface area contributed by atoms with E-state index in [-0.39, 0.29) is 5.91 Å². The second-order valence-electron chi connectivity index (χ2n) is 5.84. The maximum absolute atomic E-state index is 12.0. The number of likely N-dealkylation sites (tertiary alicyclic amines) is 1. The molecule has 1 amide bonds. The van der Waals surface area contributed by atoms with Crippen LogP contribution in [0.15, 0.2) is 4.99 Å². The van der Waals surface area contributed by atoms with Gasteiger partial charge in [0.25, 0.3) is 0 Å². The topological polar surface area (TPSA) is 44.7 Å². The molecular weight excluding hydrogens is 258 g/mol. The van der Waals surface area contributed by atoms with Crippen LogP contribution in [-0.2, 0) is 4.79 Å². The molecule has 1 atom stereocenters. The Morgan fingerprint density at radius 1 is 1.42 bits per heavy atom. The minimum absolute atomic E-state index is 0.182. The van der Waals surface area contributed by atoms with Gasteiger partial charge in [0.1, 0.15) is 6.54 Å². The van der Waals surface area contributed by atoms with E-state index in [0.717, 1.165) is 36.9 Å². The molecule has 2 rings (SSSR count). The molecule has 1 N–H and O–H groups in total. The van der Waals surface area contributed by atoms with Crippen LogP contribution in [0.3, 0.4) is 0 Å². The lowest BCUT2D eigenvalue weighted by Gasteiger charge is -2.26. The fourth-order valence-electron chi connectivity index (χ4n) is 2.61. The average Bonchev–Trinajstić information content (AvgIpc) is 2.84. The lowest BCUT2D eigenvalue weighted by Crippen LogP contribution is -2.37. The van der Waals surface area contributed by atoms with Crippen LogP contribution in [0.2, 0.25) is 0 Å². The van der Waals surface area contributed by atoms with E-state index in [1.807, 2.05) is 4.90 Å². The molecule has 5 heteroatoms. The Labute approximate surface area is 120 Å². The molecule has 0 bridgehead atoms. The fourth-order valence-corrected chi connectivity index (χ4v) is 3.59. The number of nitrogens with zero attached hydrogens (tertiary/aromatic N) is 2. The van der Waals surface area contributed by atoms with Gasteiger partial charge < -0.3 is 10.2 Å². The van der Waals surface area contributed by atoms with Gasteiger partial charge >= 0.3 is 0 Å². The molecule has 2 aliphatic rings. The van der Waals surface area contributed by atoms with Gasteiger partial charge in [0.05, 0.1) is 0 Å². The van der Waals surface area contributed by atoms with Gasteiger partial charge in [0, 0.05) is 24.9 Å². The van der Waals surface area contributed by atoms with Crippen LogP contribution < -0.4 is 5.32 Å². The second-order valence-corrected chi connectivity index (χ2v) is 6.85. The van der Waals surface area contributed by atoms with E-state index in [0.29, 0.717) is 18.5 Å². The number of hydrogen-bond acceptors (Lipinski definition) is 3. The molecule has 1 unspecified atom stereocenters. The van der Waals surface area contributed by atoms with Gasteiger partial charge in [-0.25, -0.2) is 0 Å². The van der Waals surface area contributed by atoms with Crippen molar-refractivity contribution in [3.8, 4) is 0 Å². The van der Waals surface area contributed by atoms with Crippen LogP contribution >= 0.6 is 11.8 Å². The molecule has 19 heavy (non-hydrogen) atoms. The Hall–Kier alpha value is -0.710. The Morgan fingerprint density at radius 2 is 2.16 bits per heavy atom. The molecule has 0 aliphatic carbocycles. The van der Waals surface area contributed by atoms with E-state index in [1.165, 1.54) is 12.8 Å². The Kier molecular flexibility index (Phi) is 5.55. The largest absolute Gasteiger partial charge is 0.361 e. The number of hydrogen-bond donors (Lipinski definition) is 1. The zero-order chi connectivity index (χ0) is 13.7. The van der Waals surface area contributed by atoms with Crippen molar-refractivity contribution < 1.29 is 4.79 Å². The first-order chi connectivity index (χ1) is 9.15. The van der Waals surface area contributed by atoms with Crippen LogP contribution in [0.4, 0.5) is 0 Å². The Balaban J connectivity index is 1.74. The number of carbonyl (C=O) groups excluding carboxylic acids is 1. The minimum Gasteiger partial charge on any atom is -0.361 e. The van der Waals surface area contributed by atoms with Gasteiger partial charge in [-0.1, -0.05) is 25.6 Å². The molecule has 0 aromatic rings. The maximum atomic E-state index is 12.0. The standard InChI is InChI=1S/C14H25N3OS/c1-11(2)8-12-10-19-14(16-12)15-9-13(18)17-6-4-3-5-7-17/h11-12H,3-10H2,1-2H3,(H,15,16). The first kappa shape index (κ1) is 14.7. The molecule has 2 heterocycles. The molecule has 4 nitrogen and oxygen atoms in total. The van der Waals surface area contributed by atoms with Crippen molar-refractivity contribution in [1.29, 1.82) is 0 Å². The molecule has 0 aromatic heterocycles. The number of piperidine rings is 1. The first-order valence-electron chi connectivity index (χ1n) is 7.36. The molecule has 2 fully saturated rings. The summed E-state index contributed by atoms with van der Waals surface area (Å²) in [6, 6.07) is 0.522. The molecule has 2 aliphatic heterocycles. The van der Waals surface area contributed by atoms with Crippen LogP contribution in [0, 0.1) is 5.92 Å². The summed E-state index contributed by atoms with van der Waals surface area (Å²) in [5, 5.41) is 4.38. The van der Waals surface area contributed by atoms with Crippen molar-refractivity contribution in [2.75, 3.05) is 25.4 Å². The van der Waals surface area contributed by atoms with E-state index in [2.05, 4.69) is 24.2 Å². The van der Waals surface area contributed by atoms with Crippen molar-refractivity contribution >= 4 is 22.8 Å². The highest BCUT2D eigenvalue weighted by molar-refractivity contribution is 8.14. The van der Waals surface area contributed by atoms with Gasteiger partial charge in [-0.05, 0) is 31.6 Å². The molecular formula is C14H25N3OS. The smallest absolute Gasteiger partial charge is 0.244 e. The van der Waals surface area contributed by atoms with Crippen molar-refractivity contribution in [2.24, 2.45) is 10.9 Å². The second kappa shape index (κ2) is 7.17. The van der Waals surface area contributed by atoms with Crippen molar-refractivity contribution in [2.45, 2.75) is 45.6 Å². The van der Waals surface area contributed by atoms with E-state index in [4.69, 9.17) is 0 Å². The van der Waals surface area contributed by atoms with Gasteiger partial charge in [-0.15, -0.1) is 0 Å². The maximum Gasteiger partial charge on any atom is 0.244 e. The number of thioether (sulfide) groups is 1. The highest BCUT2D eigenvalue weighted by Gasteiger charge is 2.22. The number of amides is 1. The van der Waals surface area contributed by atoms with Crippen molar-refractivity contribution in [3.63, 3.8) is 0 Å². The fraction of sp³-hybridized carbons (Fsp3) is 0.857. The highest BCUT2D eigenvalue weighted by Crippen LogP contribution is 2.19. The summed E-state index contributed by atoms with van der Waals surface area (Å²) >= 11 is 1.75. The monoisotopic (exact) mass is 283 g/mol. The van der Waals surface area contributed by atoms with Gasteiger partial charge in [-0.3, -0.25) is 9.79 Å². The quantitative estimate of drug-likeness (QED) is 0.859. The first-order valence-corrected chi connectivity index (χ1v) is 8.35. The lowest BCUT2D eigenvalue weighted by molar-refractivity contribution is -0.130. The zero-order valence-electron chi connectivity index (χ0n) is 12.0. The third-order valence-corrected chi connectivity index (χ3v) is 4.66. The number of carbonyl (C=O) groups is 1. The predicted octanol–water partition coefficient (Wildman–Crippen LogP) is 2.11. The lowest BCUT2D eigenvalue weighted by atomic mass is 10.1. The highest BCUT2D eigenvalue weighted by atomic mass is 32.2. The third kappa shape index (κ3) is 4.71. The van der Waals surface area contributed by atoms with Gasteiger partial charge in [-0.2, -0.15) is 0 Å². The van der Waals surface area contributed by atoms with Gasteiger partial charge in [0.2, 0.25) is 5.91 Å². The Bertz CT molecular complexity index is 338. The number of aliphatic imine (C=N–C) groups is 1. The summed E-state index contributed by atoms with van der Waals surface area (Å²) in [6.07, 6.45) is 4.72. The molecule has 108 valence electrons. The van der Waals surface area contributed by atoms with E-state index in [1.54, 1.807) is 11.8 Å². The molecule has 0 radical (unpaired) electrons. The van der Waals surface area contributed by atoms with Crippen molar-refractivity contribution in [3.05, 3.63) is 0 Å². The zero-order valence-corrected chi connectivity index (χ0v) is 12.8. The summed E-state index contributed by atoms with van der Waals surface area (Å²) in [5.74, 6) is 1.96. The number of amidine groups is 1. The molecule has 0 aromatic carbocycles. The average molecular weight is 283 g/mol. The third-order valence-electron chi connectivity index (χ3n) is 3.57. The summed E-state index contributed by atoms with van der Waals surface area (Å²) in [6.45, 7) is 6.62. The normalized spacial score (nSPS) is 25.9. The predicted molar refractivity (Wildman–Crippen MR) is 81.6 cm³/mol. The number of nitrogens with one attached hydrogen (secondary N) is 1. The van der Waals surface area contributed by atoms with Crippen LogP contribution in [-0.4, -0.2) is 47.4 Å². The summed E-state index contributed by atoms with van der Waals surface area (Å²) in [4.78, 5) is 18.4. The van der Waals surface area contributed by atoms with Gasteiger partial charge in [0.15, 0.2) is 5.17 Å². The minimum atomic E-state index is 0.182. The molecule has 2 saturated heterocycles. The number of rotatable bonds is 4.